The average molecular weight is 270 g/mol. The van der Waals surface area contributed by atoms with Gasteiger partial charge in [0.15, 0.2) is 0 Å². The van der Waals surface area contributed by atoms with Gasteiger partial charge >= 0.3 is 5.97 Å². The van der Waals surface area contributed by atoms with E-state index in [2.05, 4.69) is 0 Å². The Balaban J connectivity index is 1.73. The van der Waals surface area contributed by atoms with Crippen molar-refractivity contribution in [3.05, 3.63) is 0 Å². The fraction of sp³-hybridized carbons (Fsp3) is 0.750. The molecule has 0 aromatic carbocycles. The summed E-state index contributed by atoms with van der Waals surface area (Å²) in [6, 6.07) is 0. The molecule has 106 valence electrons. The molecule has 0 unspecified atom stereocenters. The van der Waals surface area contributed by atoms with Crippen LogP contribution in [-0.2, 0) is 19.1 Å². The third-order valence-corrected chi connectivity index (χ3v) is 3.65. The molecule has 2 rings (SSSR count). The van der Waals surface area contributed by atoms with E-state index in [4.69, 9.17) is 9.84 Å². The Hall–Kier alpha value is -1.63. The van der Waals surface area contributed by atoms with Crippen LogP contribution in [0.4, 0.5) is 0 Å². The van der Waals surface area contributed by atoms with Gasteiger partial charge in [0, 0.05) is 27.2 Å². The van der Waals surface area contributed by atoms with E-state index in [0.29, 0.717) is 25.9 Å². The van der Waals surface area contributed by atoms with Crippen molar-refractivity contribution >= 4 is 17.8 Å². The van der Waals surface area contributed by atoms with E-state index in [1.54, 1.807) is 14.1 Å². The smallest absolute Gasteiger partial charge is 0.319 e. The van der Waals surface area contributed by atoms with Crippen LogP contribution in [0.1, 0.15) is 12.8 Å². The molecule has 2 aliphatic rings. The van der Waals surface area contributed by atoms with Gasteiger partial charge in [0.25, 0.3) is 0 Å². The van der Waals surface area contributed by atoms with Crippen LogP contribution in [-0.4, -0.2) is 72.6 Å². The zero-order chi connectivity index (χ0) is 14.2. The topological polar surface area (TPSA) is 87.2 Å². The summed E-state index contributed by atoms with van der Waals surface area (Å²) in [6.45, 7) is 0.729. The minimum atomic E-state index is -1.18. The zero-order valence-corrected chi connectivity index (χ0v) is 11.1. The number of carbonyl (C=O) groups is 3. The molecule has 0 aromatic heterocycles. The molecule has 7 nitrogen and oxygen atoms in total. The number of aliphatic carboxylic acids is 1. The summed E-state index contributed by atoms with van der Waals surface area (Å²) < 4.78 is 5.34. The van der Waals surface area contributed by atoms with Crippen molar-refractivity contribution in [1.82, 2.24) is 9.80 Å². The first-order valence-corrected chi connectivity index (χ1v) is 6.21. The van der Waals surface area contributed by atoms with Crippen molar-refractivity contribution in [3.8, 4) is 0 Å². The molecule has 1 aliphatic heterocycles. The van der Waals surface area contributed by atoms with Gasteiger partial charge < -0.3 is 19.6 Å². The summed E-state index contributed by atoms with van der Waals surface area (Å²) in [5.74, 6) is -1.49. The van der Waals surface area contributed by atoms with Gasteiger partial charge in [-0.15, -0.1) is 0 Å². The van der Waals surface area contributed by atoms with Crippen molar-refractivity contribution in [2.75, 3.05) is 33.8 Å². The summed E-state index contributed by atoms with van der Waals surface area (Å²) in [6.07, 6.45) is 0.669. The minimum Gasteiger partial charge on any atom is -0.480 e. The van der Waals surface area contributed by atoms with Gasteiger partial charge in [0.1, 0.15) is 12.0 Å². The number of carboxylic acids is 1. The predicted octanol–water partition coefficient (Wildman–Crippen LogP) is -0.833. The summed E-state index contributed by atoms with van der Waals surface area (Å²) in [5, 5.41) is 9.02. The molecule has 1 heterocycles. The molecule has 2 amide bonds. The predicted molar refractivity (Wildman–Crippen MR) is 64.3 cm³/mol. The normalized spacial score (nSPS) is 20.6. The lowest BCUT2D eigenvalue weighted by Crippen LogP contribution is -2.58. The van der Waals surface area contributed by atoms with Crippen molar-refractivity contribution in [1.29, 1.82) is 0 Å². The second kappa shape index (κ2) is 4.80. The standard InChI is InChI=1S/C12H18N2O5/c1-13(2)9(15)7-19-8-5-14(6-8)10(16)12(3-4-12)11(17)18/h8H,3-7H2,1-2H3,(H,17,18). The fourth-order valence-corrected chi connectivity index (χ4v) is 1.97. The zero-order valence-electron chi connectivity index (χ0n) is 11.1. The molecule has 0 bridgehead atoms. The Labute approximate surface area is 111 Å². The van der Waals surface area contributed by atoms with Gasteiger partial charge in [-0.3, -0.25) is 14.4 Å². The van der Waals surface area contributed by atoms with E-state index in [-0.39, 0.29) is 24.5 Å². The van der Waals surface area contributed by atoms with E-state index < -0.39 is 11.4 Å². The molecule has 1 aliphatic carbocycles. The second-order valence-electron chi connectivity index (χ2n) is 5.32. The van der Waals surface area contributed by atoms with E-state index >= 15 is 0 Å². The lowest BCUT2D eigenvalue weighted by Gasteiger charge is -2.40. The van der Waals surface area contributed by atoms with Crippen LogP contribution in [0.5, 0.6) is 0 Å². The first-order chi connectivity index (χ1) is 8.86. The van der Waals surface area contributed by atoms with E-state index in [9.17, 15) is 14.4 Å². The largest absolute Gasteiger partial charge is 0.480 e. The number of amides is 2. The number of hydrogen-bond acceptors (Lipinski definition) is 4. The number of rotatable bonds is 5. The number of carboxylic acid groups (broad SMARTS) is 1. The Morgan fingerprint density at radius 3 is 2.32 bits per heavy atom. The Morgan fingerprint density at radius 2 is 1.89 bits per heavy atom. The van der Waals surface area contributed by atoms with Crippen molar-refractivity contribution in [3.63, 3.8) is 0 Å². The molecule has 2 fully saturated rings. The van der Waals surface area contributed by atoms with Crippen molar-refractivity contribution < 1.29 is 24.2 Å². The molecule has 1 N–H and O–H groups in total. The van der Waals surface area contributed by atoms with E-state index in [0.717, 1.165) is 0 Å². The van der Waals surface area contributed by atoms with Crippen LogP contribution in [0.15, 0.2) is 0 Å². The second-order valence-corrected chi connectivity index (χ2v) is 5.32. The molecule has 0 spiro atoms. The van der Waals surface area contributed by atoms with Crippen LogP contribution in [0.3, 0.4) is 0 Å². The summed E-state index contributed by atoms with van der Waals surface area (Å²) >= 11 is 0. The monoisotopic (exact) mass is 270 g/mol. The molecule has 0 atom stereocenters. The molecule has 19 heavy (non-hydrogen) atoms. The number of likely N-dealkylation sites (tertiary alicyclic amines) is 1. The average Bonchev–Trinajstić information content (AvgIpc) is 3.06. The van der Waals surface area contributed by atoms with E-state index in [1.807, 2.05) is 0 Å². The number of hydrogen-bond donors (Lipinski definition) is 1. The van der Waals surface area contributed by atoms with Crippen LogP contribution in [0.25, 0.3) is 0 Å². The highest BCUT2D eigenvalue weighted by Crippen LogP contribution is 2.48. The lowest BCUT2D eigenvalue weighted by molar-refractivity contribution is -0.162. The maximum Gasteiger partial charge on any atom is 0.319 e. The third-order valence-electron chi connectivity index (χ3n) is 3.65. The highest BCUT2D eigenvalue weighted by Gasteiger charge is 2.59. The van der Waals surface area contributed by atoms with Gasteiger partial charge in [-0.25, -0.2) is 0 Å². The molecule has 1 saturated heterocycles. The number of ether oxygens (including phenoxy) is 1. The van der Waals surface area contributed by atoms with Gasteiger partial charge in [0.05, 0.1) is 6.10 Å². The van der Waals surface area contributed by atoms with Gasteiger partial charge in [-0.1, -0.05) is 0 Å². The summed E-state index contributed by atoms with van der Waals surface area (Å²) in [5.41, 5.74) is -1.18. The quantitative estimate of drug-likeness (QED) is 0.659. The molecule has 0 radical (unpaired) electrons. The van der Waals surface area contributed by atoms with Crippen LogP contribution >= 0.6 is 0 Å². The lowest BCUT2D eigenvalue weighted by atomic mass is 10.0. The molecule has 7 heteroatoms. The number of carbonyl (C=O) groups excluding carboxylic acids is 2. The molecular weight excluding hydrogens is 252 g/mol. The Kier molecular flexibility index (Phi) is 3.49. The third kappa shape index (κ3) is 2.56. The van der Waals surface area contributed by atoms with Gasteiger partial charge in [0.2, 0.25) is 11.8 Å². The molecule has 1 saturated carbocycles. The SMILES string of the molecule is CN(C)C(=O)COC1CN(C(=O)C2(C(=O)O)CC2)C1. The highest BCUT2D eigenvalue weighted by atomic mass is 16.5. The molecular formula is C12H18N2O5. The number of likely N-dealkylation sites (N-methyl/N-ethyl adjacent to an activating group) is 1. The summed E-state index contributed by atoms with van der Waals surface area (Å²) in [7, 11) is 3.29. The Morgan fingerprint density at radius 1 is 1.32 bits per heavy atom. The van der Waals surface area contributed by atoms with Crippen molar-refractivity contribution in [2.45, 2.75) is 18.9 Å². The molecule has 0 aromatic rings. The number of nitrogens with zero attached hydrogens (tertiary/aromatic N) is 2. The summed E-state index contributed by atoms with van der Waals surface area (Å²) in [4.78, 5) is 37.2. The van der Waals surface area contributed by atoms with Crippen LogP contribution < -0.4 is 0 Å². The van der Waals surface area contributed by atoms with E-state index in [1.165, 1.54) is 9.80 Å². The maximum absolute atomic E-state index is 12.0. The van der Waals surface area contributed by atoms with Gasteiger partial charge in [-0.2, -0.15) is 0 Å². The van der Waals surface area contributed by atoms with Gasteiger partial charge in [-0.05, 0) is 12.8 Å². The first-order valence-electron chi connectivity index (χ1n) is 6.21. The Bertz CT molecular complexity index is 410. The fourth-order valence-electron chi connectivity index (χ4n) is 1.97. The maximum atomic E-state index is 12.0. The van der Waals surface area contributed by atoms with Crippen LogP contribution in [0.2, 0.25) is 0 Å². The first kappa shape index (κ1) is 13.8. The highest BCUT2D eigenvalue weighted by molar-refractivity contribution is 6.05. The minimum absolute atomic E-state index is 0.0101. The van der Waals surface area contributed by atoms with Crippen molar-refractivity contribution in [2.24, 2.45) is 5.41 Å². The van der Waals surface area contributed by atoms with Crippen LogP contribution in [0, 0.1) is 5.41 Å².